The average molecular weight is 228 g/mol. The molecule has 94 valence electrons. The molecular formula is C12H24N2O2. The van der Waals surface area contributed by atoms with Crippen molar-refractivity contribution in [2.75, 3.05) is 19.7 Å². The predicted octanol–water partition coefficient (Wildman–Crippen LogP) is 0.903. The number of amides is 1. The van der Waals surface area contributed by atoms with Crippen molar-refractivity contribution in [3.05, 3.63) is 0 Å². The van der Waals surface area contributed by atoms with E-state index < -0.39 is 0 Å². The summed E-state index contributed by atoms with van der Waals surface area (Å²) in [5, 5.41) is 3.01. The fourth-order valence-electron chi connectivity index (χ4n) is 2.01. The van der Waals surface area contributed by atoms with Crippen molar-refractivity contribution in [1.29, 1.82) is 0 Å². The number of hydrogen-bond acceptors (Lipinski definition) is 3. The van der Waals surface area contributed by atoms with Crippen LogP contribution in [0, 0.1) is 11.3 Å². The van der Waals surface area contributed by atoms with Crippen molar-refractivity contribution in [1.82, 2.24) is 5.32 Å². The molecular weight excluding hydrogens is 204 g/mol. The van der Waals surface area contributed by atoms with E-state index in [1.54, 1.807) is 0 Å². The van der Waals surface area contributed by atoms with Crippen LogP contribution in [0.2, 0.25) is 0 Å². The summed E-state index contributed by atoms with van der Waals surface area (Å²) >= 11 is 0. The molecule has 2 unspecified atom stereocenters. The van der Waals surface area contributed by atoms with Crippen molar-refractivity contribution in [2.45, 2.75) is 39.7 Å². The summed E-state index contributed by atoms with van der Waals surface area (Å²) in [6.07, 6.45) is 1.81. The molecule has 2 atom stereocenters. The van der Waals surface area contributed by atoms with E-state index in [1.165, 1.54) is 0 Å². The van der Waals surface area contributed by atoms with Crippen molar-refractivity contribution in [2.24, 2.45) is 17.1 Å². The maximum Gasteiger partial charge on any atom is 0.225 e. The van der Waals surface area contributed by atoms with Crippen LogP contribution in [0.1, 0.15) is 33.6 Å². The minimum absolute atomic E-state index is 0.0219. The van der Waals surface area contributed by atoms with E-state index >= 15 is 0 Å². The van der Waals surface area contributed by atoms with E-state index in [0.29, 0.717) is 19.7 Å². The Kier molecular flexibility index (Phi) is 4.74. The fourth-order valence-corrected chi connectivity index (χ4v) is 2.01. The molecule has 1 fully saturated rings. The van der Waals surface area contributed by atoms with Crippen LogP contribution in [0.25, 0.3) is 0 Å². The third-order valence-electron chi connectivity index (χ3n) is 3.28. The monoisotopic (exact) mass is 228 g/mol. The van der Waals surface area contributed by atoms with Crippen LogP contribution < -0.4 is 11.1 Å². The molecule has 4 nitrogen and oxygen atoms in total. The lowest BCUT2D eigenvalue weighted by Crippen LogP contribution is -2.40. The highest BCUT2D eigenvalue weighted by Gasteiger charge is 2.31. The van der Waals surface area contributed by atoms with Gasteiger partial charge in [0.25, 0.3) is 0 Å². The maximum absolute atomic E-state index is 11.9. The second-order valence-electron chi connectivity index (χ2n) is 5.39. The number of hydrogen-bond donors (Lipinski definition) is 2. The summed E-state index contributed by atoms with van der Waals surface area (Å²) in [7, 11) is 0. The van der Waals surface area contributed by atoms with E-state index in [0.717, 1.165) is 12.8 Å². The molecule has 0 bridgehead atoms. The lowest BCUT2D eigenvalue weighted by molar-refractivity contribution is -0.126. The van der Waals surface area contributed by atoms with Gasteiger partial charge in [-0.15, -0.1) is 0 Å². The maximum atomic E-state index is 11.9. The number of carbonyl (C=O) groups is 1. The Labute approximate surface area is 97.9 Å². The van der Waals surface area contributed by atoms with Crippen LogP contribution in [-0.2, 0) is 9.53 Å². The first-order chi connectivity index (χ1) is 7.46. The minimum atomic E-state index is 0.0219. The van der Waals surface area contributed by atoms with Gasteiger partial charge in [0, 0.05) is 13.2 Å². The van der Waals surface area contributed by atoms with Gasteiger partial charge >= 0.3 is 0 Å². The first kappa shape index (κ1) is 13.5. The normalized spacial score (nSPS) is 25.8. The van der Waals surface area contributed by atoms with E-state index in [-0.39, 0.29) is 23.3 Å². The van der Waals surface area contributed by atoms with Gasteiger partial charge in [0.1, 0.15) is 0 Å². The molecule has 1 saturated heterocycles. The quantitative estimate of drug-likeness (QED) is 0.735. The van der Waals surface area contributed by atoms with E-state index in [2.05, 4.69) is 19.2 Å². The molecule has 1 amide bonds. The SMILES string of the molecule is CC1OCCC1C(=O)NCC(C)(C)CCN. The smallest absolute Gasteiger partial charge is 0.225 e. The third kappa shape index (κ3) is 3.76. The van der Waals surface area contributed by atoms with Gasteiger partial charge in [0.2, 0.25) is 5.91 Å². The highest BCUT2D eigenvalue weighted by Crippen LogP contribution is 2.22. The lowest BCUT2D eigenvalue weighted by Gasteiger charge is -2.25. The highest BCUT2D eigenvalue weighted by atomic mass is 16.5. The van der Waals surface area contributed by atoms with E-state index in [1.807, 2.05) is 6.92 Å². The molecule has 3 N–H and O–H groups in total. The van der Waals surface area contributed by atoms with Crippen LogP contribution in [0.3, 0.4) is 0 Å². The van der Waals surface area contributed by atoms with Gasteiger partial charge in [0.05, 0.1) is 12.0 Å². The summed E-state index contributed by atoms with van der Waals surface area (Å²) in [6, 6.07) is 0. The predicted molar refractivity (Wildman–Crippen MR) is 64.0 cm³/mol. The van der Waals surface area contributed by atoms with Crippen molar-refractivity contribution in [3.63, 3.8) is 0 Å². The Morgan fingerprint density at radius 2 is 2.25 bits per heavy atom. The number of nitrogens with two attached hydrogens (primary N) is 1. The van der Waals surface area contributed by atoms with Crippen molar-refractivity contribution in [3.8, 4) is 0 Å². The summed E-state index contributed by atoms with van der Waals surface area (Å²) in [5.41, 5.74) is 5.61. The van der Waals surface area contributed by atoms with Gasteiger partial charge < -0.3 is 15.8 Å². The molecule has 1 aliphatic heterocycles. The van der Waals surface area contributed by atoms with Crippen LogP contribution >= 0.6 is 0 Å². The van der Waals surface area contributed by atoms with Crippen LogP contribution in [0.4, 0.5) is 0 Å². The third-order valence-corrected chi connectivity index (χ3v) is 3.28. The van der Waals surface area contributed by atoms with Crippen LogP contribution in [0.15, 0.2) is 0 Å². The summed E-state index contributed by atoms with van der Waals surface area (Å²) in [6.45, 7) is 8.25. The van der Waals surface area contributed by atoms with Crippen LogP contribution in [0.5, 0.6) is 0 Å². The van der Waals surface area contributed by atoms with E-state index in [4.69, 9.17) is 10.5 Å². The van der Waals surface area contributed by atoms with Crippen molar-refractivity contribution < 1.29 is 9.53 Å². The number of nitrogens with one attached hydrogen (secondary N) is 1. The van der Waals surface area contributed by atoms with Crippen molar-refractivity contribution >= 4 is 5.91 Å². The molecule has 0 radical (unpaired) electrons. The Hall–Kier alpha value is -0.610. The molecule has 0 spiro atoms. The first-order valence-corrected chi connectivity index (χ1v) is 6.06. The second-order valence-corrected chi connectivity index (χ2v) is 5.39. The zero-order valence-electron chi connectivity index (χ0n) is 10.6. The van der Waals surface area contributed by atoms with Gasteiger partial charge in [-0.2, -0.15) is 0 Å². The van der Waals surface area contributed by atoms with Gasteiger partial charge in [-0.25, -0.2) is 0 Å². The number of rotatable bonds is 5. The highest BCUT2D eigenvalue weighted by molar-refractivity contribution is 5.79. The fraction of sp³-hybridized carbons (Fsp3) is 0.917. The molecule has 1 rings (SSSR count). The summed E-state index contributed by atoms with van der Waals surface area (Å²) in [4.78, 5) is 11.9. The first-order valence-electron chi connectivity index (χ1n) is 6.06. The van der Waals surface area contributed by atoms with E-state index in [9.17, 15) is 4.79 Å². The second kappa shape index (κ2) is 5.64. The topological polar surface area (TPSA) is 64.3 Å². The Morgan fingerprint density at radius 1 is 1.56 bits per heavy atom. The van der Waals surface area contributed by atoms with Gasteiger partial charge in [0.15, 0.2) is 0 Å². The molecule has 4 heteroatoms. The molecule has 16 heavy (non-hydrogen) atoms. The molecule has 1 aliphatic rings. The molecule has 0 aliphatic carbocycles. The van der Waals surface area contributed by atoms with Crippen LogP contribution in [-0.4, -0.2) is 31.7 Å². The standard InChI is InChI=1S/C12H24N2O2/c1-9-10(4-7-16-9)11(15)14-8-12(2,3)5-6-13/h9-10H,4-8,13H2,1-3H3,(H,14,15). The summed E-state index contributed by atoms with van der Waals surface area (Å²) in [5.74, 6) is 0.142. The Bertz CT molecular complexity index is 241. The lowest BCUT2D eigenvalue weighted by atomic mass is 9.89. The largest absolute Gasteiger partial charge is 0.378 e. The average Bonchev–Trinajstić information content (AvgIpc) is 2.61. The number of carbonyl (C=O) groups excluding carboxylic acids is 1. The Morgan fingerprint density at radius 3 is 2.75 bits per heavy atom. The molecule has 0 saturated carbocycles. The van der Waals surface area contributed by atoms with Gasteiger partial charge in [-0.1, -0.05) is 13.8 Å². The van der Waals surface area contributed by atoms with Gasteiger partial charge in [-0.3, -0.25) is 4.79 Å². The molecule has 0 aromatic heterocycles. The zero-order chi connectivity index (χ0) is 12.2. The Balaban J connectivity index is 2.34. The van der Waals surface area contributed by atoms with Gasteiger partial charge in [-0.05, 0) is 31.7 Å². The number of ether oxygens (including phenoxy) is 1. The molecule has 0 aromatic rings. The minimum Gasteiger partial charge on any atom is -0.378 e. The molecule has 0 aromatic carbocycles. The zero-order valence-corrected chi connectivity index (χ0v) is 10.6. The summed E-state index contributed by atoms with van der Waals surface area (Å²) < 4.78 is 5.39. The molecule has 1 heterocycles.